The van der Waals surface area contributed by atoms with Crippen LogP contribution in [0.4, 0.5) is 0 Å². The van der Waals surface area contributed by atoms with Crippen LogP contribution in [-0.4, -0.2) is 39.8 Å². The van der Waals surface area contributed by atoms with Crippen molar-refractivity contribution in [1.29, 1.82) is 0 Å². The van der Waals surface area contributed by atoms with Gasteiger partial charge in [0.15, 0.2) is 0 Å². The first-order valence-electron chi connectivity index (χ1n) is 16.6. The van der Waals surface area contributed by atoms with E-state index in [-0.39, 0.29) is 11.8 Å². The Balaban J connectivity index is 1.26. The average molecular weight is 680 g/mol. The number of hydrogen-bond donors (Lipinski definition) is 2. The molecule has 48 heavy (non-hydrogen) atoms. The smallest absolute Gasteiger partial charge is 0.250 e. The van der Waals surface area contributed by atoms with Crippen molar-refractivity contribution in [1.82, 2.24) is 25.5 Å². The van der Waals surface area contributed by atoms with Crippen LogP contribution in [0.25, 0.3) is 32.0 Å². The van der Waals surface area contributed by atoms with E-state index in [1.165, 1.54) is 10.4 Å². The maximum Gasteiger partial charge on any atom is 0.250 e. The van der Waals surface area contributed by atoms with Crippen LogP contribution in [0.3, 0.4) is 0 Å². The first-order valence-corrected chi connectivity index (χ1v) is 18.3. The summed E-state index contributed by atoms with van der Waals surface area (Å²) in [5.41, 5.74) is 4.71. The molecule has 2 amide bonds. The fraction of sp³-hybridized carbons (Fsp3) is 0.333. The van der Waals surface area contributed by atoms with Gasteiger partial charge in [-0.25, -0.2) is 9.97 Å². The highest BCUT2D eigenvalue weighted by atomic mass is 32.1. The maximum atomic E-state index is 14.0. The van der Waals surface area contributed by atoms with Crippen LogP contribution in [0.1, 0.15) is 69.1 Å². The number of carbonyl (C=O) groups is 2. The number of amides is 2. The molecule has 2 heterocycles. The zero-order chi connectivity index (χ0) is 34.1. The van der Waals surface area contributed by atoms with Gasteiger partial charge >= 0.3 is 0 Å². The second kappa shape index (κ2) is 16.3. The van der Waals surface area contributed by atoms with Crippen LogP contribution in [0.2, 0.25) is 0 Å². The Kier molecular flexibility index (Phi) is 11.9. The predicted octanol–water partition coefficient (Wildman–Crippen LogP) is 8.74. The second-order valence-electron chi connectivity index (χ2n) is 12.9. The molecule has 0 fully saturated rings. The molecule has 1 atom stereocenters. The Morgan fingerprint density at radius 2 is 1.29 bits per heavy atom. The average Bonchev–Trinajstić information content (AvgIpc) is 3.77. The Hall–Kier alpha value is -4.18. The highest BCUT2D eigenvalue weighted by Gasteiger charge is 2.31. The molecule has 0 saturated carbocycles. The molecule has 3 aromatic carbocycles. The number of thiazole rings is 2. The molecule has 0 aliphatic carbocycles. The number of benzene rings is 3. The Bertz CT molecular complexity index is 1770. The summed E-state index contributed by atoms with van der Waals surface area (Å²) in [6, 6.07) is 25.9. The van der Waals surface area contributed by atoms with Gasteiger partial charge in [0.25, 0.3) is 0 Å². The Morgan fingerprint density at radius 3 is 1.83 bits per heavy atom. The van der Waals surface area contributed by atoms with Gasteiger partial charge in [0.1, 0.15) is 16.1 Å². The SMILES string of the molecule is CCCNCc1ncc(-c2ccc(-c3ccc(-c4cnc(CN(CCC)C(=O)C(NC(=O)C(C)(C)C)c5ccccc5)s4)cc3)cc2)s1. The van der Waals surface area contributed by atoms with Crippen molar-refractivity contribution in [2.24, 2.45) is 5.41 Å². The van der Waals surface area contributed by atoms with E-state index >= 15 is 0 Å². The normalized spacial score (nSPS) is 12.1. The van der Waals surface area contributed by atoms with Gasteiger partial charge in [-0.1, -0.05) is 113 Å². The quantitative estimate of drug-likeness (QED) is 0.115. The summed E-state index contributed by atoms with van der Waals surface area (Å²) in [5, 5.41) is 8.39. The second-order valence-corrected chi connectivity index (χ2v) is 15.1. The van der Waals surface area contributed by atoms with Crippen molar-refractivity contribution >= 4 is 34.5 Å². The zero-order valence-corrected chi connectivity index (χ0v) is 30.1. The number of hydrogen-bond acceptors (Lipinski definition) is 7. The van der Waals surface area contributed by atoms with Crippen molar-refractivity contribution in [2.75, 3.05) is 13.1 Å². The van der Waals surface area contributed by atoms with Crippen molar-refractivity contribution in [2.45, 2.75) is 66.6 Å². The first-order chi connectivity index (χ1) is 23.2. The van der Waals surface area contributed by atoms with Crippen LogP contribution in [0, 0.1) is 5.41 Å². The molecule has 0 saturated heterocycles. The van der Waals surface area contributed by atoms with Gasteiger partial charge in [0.05, 0.1) is 16.3 Å². The van der Waals surface area contributed by atoms with Gasteiger partial charge in [-0.15, -0.1) is 22.7 Å². The third kappa shape index (κ3) is 9.04. The lowest BCUT2D eigenvalue weighted by molar-refractivity contribution is -0.139. The standard InChI is InChI=1S/C39H45N5O2S2/c1-6-21-40-25-34-41-23-32(47-34)29-17-13-27(14-18-29)28-15-19-30(20-16-28)33-24-42-35(48-33)26-44(22-7-2)37(45)36(31-11-9-8-10-12-31)43-38(46)39(3,4)5/h8-20,23-24,36,40H,6-7,21-22,25-26H2,1-5H3,(H,43,46). The van der Waals surface area contributed by atoms with Gasteiger partial charge < -0.3 is 15.5 Å². The molecule has 0 bridgehead atoms. The lowest BCUT2D eigenvalue weighted by Crippen LogP contribution is -2.46. The number of nitrogens with zero attached hydrogens (tertiary/aromatic N) is 3. The van der Waals surface area contributed by atoms with Crippen LogP contribution < -0.4 is 10.6 Å². The van der Waals surface area contributed by atoms with E-state index in [4.69, 9.17) is 4.98 Å². The first kappa shape index (κ1) is 35.1. The summed E-state index contributed by atoms with van der Waals surface area (Å²) in [6.45, 7) is 12.5. The van der Waals surface area contributed by atoms with E-state index in [0.717, 1.165) is 63.1 Å². The summed E-state index contributed by atoms with van der Waals surface area (Å²) >= 11 is 3.32. The van der Waals surface area contributed by atoms with E-state index in [2.05, 4.69) is 78.0 Å². The molecule has 250 valence electrons. The molecule has 0 spiro atoms. The van der Waals surface area contributed by atoms with E-state index in [1.807, 2.05) is 68.4 Å². The van der Waals surface area contributed by atoms with Crippen molar-refractivity contribution in [3.8, 4) is 32.0 Å². The molecule has 2 aromatic heterocycles. The predicted molar refractivity (Wildman–Crippen MR) is 199 cm³/mol. The minimum atomic E-state index is -0.766. The number of carbonyl (C=O) groups excluding carboxylic acids is 2. The Morgan fingerprint density at radius 1 is 0.750 bits per heavy atom. The number of nitrogens with one attached hydrogen (secondary N) is 2. The number of rotatable bonds is 14. The molecule has 7 nitrogen and oxygen atoms in total. The molecule has 0 aliphatic rings. The third-order valence-electron chi connectivity index (χ3n) is 7.95. The topological polar surface area (TPSA) is 87.2 Å². The summed E-state index contributed by atoms with van der Waals surface area (Å²) in [7, 11) is 0. The van der Waals surface area contributed by atoms with E-state index in [9.17, 15) is 9.59 Å². The van der Waals surface area contributed by atoms with Gasteiger partial charge in [0.2, 0.25) is 11.8 Å². The summed E-state index contributed by atoms with van der Waals surface area (Å²) in [4.78, 5) is 40.3. The lowest BCUT2D eigenvalue weighted by atomic mass is 9.94. The molecule has 2 N–H and O–H groups in total. The van der Waals surface area contributed by atoms with Crippen molar-refractivity contribution < 1.29 is 9.59 Å². The molecule has 5 aromatic rings. The fourth-order valence-electron chi connectivity index (χ4n) is 5.23. The molecular weight excluding hydrogens is 635 g/mol. The van der Waals surface area contributed by atoms with Crippen LogP contribution in [0.5, 0.6) is 0 Å². The third-order valence-corrected chi connectivity index (χ3v) is 10.0. The van der Waals surface area contributed by atoms with Crippen LogP contribution in [-0.2, 0) is 22.7 Å². The molecular formula is C39H45N5O2S2. The largest absolute Gasteiger partial charge is 0.340 e. The number of aromatic nitrogens is 2. The van der Waals surface area contributed by atoms with Crippen molar-refractivity contribution in [3.05, 3.63) is 107 Å². The summed E-state index contributed by atoms with van der Waals surface area (Å²) < 4.78 is 0. The molecule has 1 unspecified atom stereocenters. The summed E-state index contributed by atoms with van der Waals surface area (Å²) in [6.07, 6.45) is 5.76. The Labute approximate surface area is 292 Å². The van der Waals surface area contributed by atoms with Crippen LogP contribution >= 0.6 is 22.7 Å². The highest BCUT2D eigenvalue weighted by molar-refractivity contribution is 7.15. The zero-order valence-electron chi connectivity index (χ0n) is 28.5. The van der Waals surface area contributed by atoms with Gasteiger partial charge in [-0.05, 0) is 47.2 Å². The van der Waals surface area contributed by atoms with Gasteiger partial charge in [0, 0.05) is 30.9 Å². The highest BCUT2D eigenvalue weighted by Crippen LogP contribution is 2.32. The van der Waals surface area contributed by atoms with E-state index in [1.54, 1.807) is 22.7 Å². The lowest BCUT2D eigenvalue weighted by Gasteiger charge is -2.29. The molecule has 0 aliphatic heterocycles. The van der Waals surface area contributed by atoms with Gasteiger partial charge in [-0.3, -0.25) is 9.59 Å². The fourth-order valence-corrected chi connectivity index (χ4v) is 7.06. The molecule has 0 radical (unpaired) electrons. The minimum absolute atomic E-state index is 0.132. The summed E-state index contributed by atoms with van der Waals surface area (Å²) in [5.74, 6) is -0.297. The van der Waals surface area contributed by atoms with Crippen LogP contribution in [0.15, 0.2) is 91.3 Å². The van der Waals surface area contributed by atoms with E-state index in [0.29, 0.717) is 13.1 Å². The minimum Gasteiger partial charge on any atom is -0.340 e. The monoisotopic (exact) mass is 679 g/mol. The van der Waals surface area contributed by atoms with E-state index < -0.39 is 11.5 Å². The van der Waals surface area contributed by atoms with Crippen molar-refractivity contribution in [3.63, 3.8) is 0 Å². The molecule has 5 rings (SSSR count). The van der Waals surface area contributed by atoms with Gasteiger partial charge in [-0.2, -0.15) is 0 Å². The maximum absolute atomic E-state index is 14.0. The molecule has 9 heteroatoms.